The third-order valence-electron chi connectivity index (χ3n) is 5.17. The molecule has 0 saturated carbocycles. The van der Waals surface area contributed by atoms with E-state index in [9.17, 15) is 9.90 Å². The Kier molecular flexibility index (Phi) is 4.45. The van der Waals surface area contributed by atoms with Gasteiger partial charge in [-0.1, -0.05) is 18.2 Å². The number of rotatable bonds is 4. The van der Waals surface area contributed by atoms with Crippen LogP contribution in [0, 0.1) is 0 Å². The minimum Gasteiger partial charge on any atom is -0.483 e. The van der Waals surface area contributed by atoms with Crippen LogP contribution in [0.2, 0.25) is 0 Å². The molecule has 1 unspecified atom stereocenters. The molecule has 4 nitrogen and oxygen atoms in total. The van der Waals surface area contributed by atoms with E-state index in [1.165, 1.54) is 17.5 Å². The number of hydrogen-bond acceptors (Lipinski definition) is 3. The van der Waals surface area contributed by atoms with E-state index in [1.54, 1.807) is 0 Å². The molecule has 0 spiro atoms. The zero-order valence-electron chi connectivity index (χ0n) is 14.3. The van der Waals surface area contributed by atoms with Gasteiger partial charge in [-0.15, -0.1) is 0 Å². The molecule has 2 aromatic carbocycles. The molecule has 1 amide bonds. The summed E-state index contributed by atoms with van der Waals surface area (Å²) in [6.07, 6.45) is 5.61. The fraction of sp³-hybridized carbons (Fsp3) is 0.381. The number of ether oxygens (including phenoxy) is 1. The number of nitrogens with one attached hydrogen (secondary N) is 1. The Balaban J connectivity index is 1.40. The van der Waals surface area contributed by atoms with Crippen LogP contribution in [-0.2, 0) is 24.1 Å². The molecule has 2 aromatic rings. The fourth-order valence-corrected chi connectivity index (χ4v) is 3.92. The number of amides is 1. The highest BCUT2D eigenvalue weighted by Crippen LogP contribution is 2.35. The first-order chi connectivity index (χ1) is 12.2. The Hall–Kier alpha value is -2.33. The first-order valence-corrected chi connectivity index (χ1v) is 9.05. The molecule has 2 aliphatic rings. The summed E-state index contributed by atoms with van der Waals surface area (Å²) in [4.78, 5) is 12.2. The number of carbonyl (C=O) groups is 1. The van der Waals surface area contributed by atoms with Crippen molar-refractivity contribution in [3.63, 3.8) is 0 Å². The average Bonchev–Trinajstić information content (AvgIpc) is 3.08. The van der Waals surface area contributed by atoms with Gasteiger partial charge in [-0.3, -0.25) is 4.79 Å². The van der Waals surface area contributed by atoms with Crippen LogP contribution in [0.3, 0.4) is 0 Å². The fourth-order valence-electron chi connectivity index (χ4n) is 3.92. The van der Waals surface area contributed by atoms with Crippen molar-refractivity contribution >= 4 is 11.6 Å². The van der Waals surface area contributed by atoms with Gasteiger partial charge in [0, 0.05) is 5.69 Å². The highest BCUT2D eigenvalue weighted by molar-refractivity contribution is 5.92. The normalized spacial score (nSPS) is 18.4. The largest absolute Gasteiger partial charge is 0.483 e. The number of anilines is 1. The standard InChI is InChI=1S/C21H23NO3/c23-19-8-2-7-18-17(19)6-3-9-20(18)25-13-21(24)22-16-11-10-14-4-1-5-15(14)12-16/h3,6,9-12,19,23H,1-2,4-5,7-8,13H2,(H,22,24). The minimum atomic E-state index is -0.424. The SMILES string of the molecule is O=C(COc1cccc2c1CCCC2O)Nc1ccc2c(c1)CCC2. The maximum absolute atomic E-state index is 12.2. The Bertz CT molecular complexity index is 800. The Morgan fingerprint density at radius 1 is 1.12 bits per heavy atom. The molecule has 2 aliphatic carbocycles. The summed E-state index contributed by atoms with van der Waals surface area (Å²) in [6.45, 7) is -0.0242. The summed E-state index contributed by atoms with van der Waals surface area (Å²) in [5.41, 5.74) is 5.53. The number of benzene rings is 2. The molecule has 0 fully saturated rings. The molecular weight excluding hydrogens is 314 g/mol. The number of aliphatic hydroxyl groups excluding tert-OH is 1. The van der Waals surface area contributed by atoms with Gasteiger partial charge in [0.15, 0.2) is 6.61 Å². The van der Waals surface area contributed by atoms with Crippen molar-refractivity contribution in [2.45, 2.75) is 44.6 Å². The lowest BCUT2D eigenvalue weighted by Crippen LogP contribution is -2.21. The van der Waals surface area contributed by atoms with Gasteiger partial charge < -0.3 is 15.2 Å². The average molecular weight is 337 g/mol. The van der Waals surface area contributed by atoms with Crippen LogP contribution < -0.4 is 10.1 Å². The second-order valence-electron chi connectivity index (χ2n) is 6.91. The summed E-state index contributed by atoms with van der Waals surface area (Å²) in [7, 11) is 0. The number of carbonyl (C=O) groups excluding carboxylic acids is 1. The van der Waals surface area contributed by atoms with E-state index < -0.39 is 6.10 Å². The van der Waals surface area contributed by atoms with Crippen molar-refractivity contribution in [2.75, 3.05) is 11.9 Å². The maximum Gasteiger partial charge on any atom is 0.262 e. The van der Waals surface area contributed by atoms with Crippen molar-refractivity contribution in [1.29, 1.82) is 0 Å². The predicted octanol–water partition coefficient (Wildman–Crippen LogP) is 3.56. The number of hydrogen-bond donors (Lipinski definition) is 2. The van der Waals surface area contributed by atoms with E-state index in [0.717, 1.165) is 48.9 Å². The van der Waals surface area contributed by atoms with E-state index in [4.69, 9.17) is 4.74 Å². The molecule has 0 bridgehead atoms. The van der Waals surface area contributed by atoms with Crippen LogP contribution in [0.5, 0.6) is 5.75 Å². The van der Waals surface area contributed by atoms with E-state index in [2.05, 4.69) is 17.4 Å². The highest BCUT2D eigenvalue weighted by atomic mass is 16.5. The smallest absolute Gasteiger partial charge is 0.262 e. The van der Waals surface area contributed by atoms with Crippen molar-refractivity contribution in [1.82, 2.24) is 0 Å². The first kappa shape index (κ1) is 16.2. The van der Waals surface area contributed by atoms with Crippen molar-refractivity contribution < 1.29 is 14.6 Å². The number of aliphatic hydroxyl groups is 1. The van der Waals surface area contributed by atoms with Crippen LogP contribution in [0.25, 0.3) is 0 Å². The van der Waals surface area contributed by atoms with E-state index >= 15 is 0 Å². The molecule has 4 heteroatoms. The zero-order chi connectivity index (χ0) is 17.2. The Labute approximate surface area is 147 Å². The summed E-state index contributed by atoms with van der Waals surface area (Å²) in [6, 6.07) is 11.8. The number of fused-ring (bicyclic) bond motifs is 2. The maximum atomic E-state index is 12.2. The topological polar surface area (TPSA) is 58.6 Å². The summed E-state index contributed by atoms with van der Waals surface area (Å²) in [5.74, 6) is 0.548. The van der Waals surface area contributed by atoms with Gasteiger partial charge >= 0.3 is 0 Å². The van der Waals surface area contributed by atoms with Crippen LogP contribution in [0.15, 0.2) is 36.4 Å². The molecule has 130 valence electrons. The second kappa shape index (κ2) is 6.89. The highest BCUT2D eigenvalue weighted by Gasteiger charge is 2.21. The van der Waals surface area contributed by atoms with Gasteiger partial charge in [0.25, 0.3) is 5.91 Å². The van der Waals surface area contributed by atoms with E-state index in [-0.39, 0.29) is 12.5 Å². The van der Waals surface area contributed by atoms with Crippen LogP contribution in [0.4, 0.5) is 5.69 Å². The molecule has 0 aliphatic heterocycles. The third kappa shape index (κ3) is 3.40. The lowest BCUT2D eigenvalue weighted by Gasteiger charge is -2.23. The molecule has 0 heterocycles. The van der Waals surface area contributed by atoms with Crippen molar-refractivity contribution in [3.05, 3.63) is 58.7 Å². The molecule has 2 N–H and O–H groups in total. The summed E-state index contributed by atoms with van der Waals surface area (Å²) in [5, 5.41) is 13.0. The first-order valence-electron chi connectivity index (χ1n) is 9.05. The zero-order valence-corrected chi connectivity index (χ0v) is 14.3. The van der Waals surface area contributed by atoms with Gasteiger partial charge in [-0.25, -0.2) is 0 Å². The monoisotopic (exact) mass is 337 g/mol. The van der Waals surface area contributed by atoms with Gasteiger partial charge in [-0.2, -0.15) is 0 Å². The second-order valence-corrected chi connectivity index (χ2v) is 6.91. The summed E-state index contributed by atoms with van der Waals surface area (Å²) < 4.78 is 5.76. The number of aryl methyl sites for hydroxylation is 2. The molecule has 0 saturated heterocycles. The lowest BCUT2D eigenvalue weighted by atomic mass is 9.89. The third-order valence-corrected chi connectivity index (χ3v) is 5.17. The van der Waals surface area contributed by atoms with Crippen LogP contribution in [0.1, 0.15) is 47.6 Å². The van der Waals surface area contributed by atoms with Crippen molar-refractivity contribution in [3.8, 4) is 5.75 Å². The predicted molar refractivity (Wildman–Crippen MR) is 96.9 cm³/mol. The molecule has 1 atom stereocenters. The molecule has 4 rings (SSSR count). The van der Waals surface area contributed by atoms with Gasteiger partial charge in [0.05, 0.1) is 6.10 Å². The molecular formula is C21H23NO3. The summed E-state index contributed by atoms with van der Waals surface area (Å²) >= 11 is 0. The van der Waals surface area contributed by atoms with Gasteiger partial charge in [-0.05, 0) is 79.0 Å². The minimum absolute atomic E-state index is 0.0242. The van der Waals surface area contributed by atoms with Gasteiger partial charge in [0.1, 0.15) is 5.75 Å². The van der Waals surface area contributed by atoms with Crippen molar-refractivity contribution in [2.24, 2.45) is 0 Å². The van der Waals surface area contributed by atoms with Crippen LogP contribution in [-0.4, -0.2) is 17.6 Å². The van der Waals surface area contributed by atoms with Gasteiger partial charge in [0.2, 0.25) is 0 Å². The van der Waals surface area contributed by atoms with E-state index in [0.29, 0.717) is 5.75 Å². The Morgan fingerprint density at radius 3 is 2.92 bits per heavy atom. The van der Waals surface area contributed by atoms with E-state index in [1.807, 2.05) is 24.3 Å². The quantitative estimate of drug-likeness (QED) is 0.897. The molecule has 25 heavy (non-hydrogen) atoms. The molecule has 0 aromatic heterocycles. The van der Waals surface area contributed by atoms with Crippen LogP contribution >= 0.6 is 0 Å². The Morgan fingerprint density at radius 2 is 2.00 bits per heavy atom. The molecule has 0 radical (unpaired) electrons. The lowest BCUT2D eigenvalue weighted by molar-refractivity contribution is -0.118.